The van der Waals surface area contributed by atoms with E-state index in [-0.39, 0.29) is 31.1 Å². The first-order chi connectivity index (χ1) is 34.0. The Morgan fingerprint density at radius 2 is 0.565 bits per heavy atom. The zero-order valence-electron chi connectivity index (χ0n) is 44.5. The Morgan fingerprint density at radius 3 is 0.899 bits per heavy atom. The molecule has 0 saturated heterocycles. The summed E-state index contributed by atoms with van der Waals surface area (Å²) < 4.78 is 16.8. The van der Waals surface area contributed by atoms with Gasteiger partial charge in [-0.25, -0.2) is 0 Å². The van der Waals surface area contributed by atoms with E-state index in [0.29, 0.717) is 19.3 Å². The van der Waals surface area contributed by atoms with Gasteiger partial charge in [-0.1, -0.05) is 219 Å². The monoisotopic (exact) mass is 955 g/mol. The lowest BCUT2D eigenvalue weighted by Gasteiger charge is -2.18. The van der Waals surface area contributed by atoms with E-state index in [9.17, 15) is 14.4 Å². The molecule has 0 aromatic heterocycles. The minimum Gasteiger partial charge on any atom is -0.462 e. The van der Waals surface area contributed by atoms with Crippen LogP contribution in [0.15, 0.2) is 122 Å². The summed E-state index contributed by atoms with van der Waals surface area (Å²) in [6, 6.07) is 0. The Hall–Kier alpha value is -4.19. The number of ether oxygens (including phenoxy) is 3. The van der Waals surface area contributed by atoms with Crippen molar-refractivity contribution < 1.29 is 28.6 Å². The lowest BCUT2D eigenvalue weighted by molar-refractivity contribution is -0.167. The Labute approximate surface area is 424 Å². The number of carbonyl (C=O) groups is 3. The SMILES string of the molecule is CC/C=C\C/C=C\C/C=C\C/C=C\C/C=C\C/C=C\CCCCCCCCC(=O)OCC(COC(=O)CCCCCCC/C=C\CCCC)OC(=O)CCCCCCC/C=C\C/C=C\C/C=C\CC. The summed E-state index contributed by atoms with van der Waals surface area (Å²) in [5.41, 5.74) is 0. The van der Waals surface area contributed by atoms with Gasteiger partial charge in [-0.05, 0) is 122 Å². The third-order valence-corrected chi connectivity index (χ3v) is 11.4. The molecule has 0 heterocycles. The maximum Gasteiger partial charge on any atom is 0.306 e. The van der Waals surface area contributed by atoms with Crippen molar-refractivity contribution in [1.29, 1.82) is 0 Å². The Balaban J connectivity index is 4.38. The van der Waals surface area contributed by atoms with Crippen molar-refractivity contribution >= 4 is 17.9 Å². The van der Waals surface area contributed by atoms with Gasteiger partial charge in [0.1, 0.15) is 13.2 Å². The van der Waals surface area contributed by atoms with Crippen LogP contribution in [0.25, 0.3) is 0 Å². The van der Waals surface area contributed by atoms with Gasteiger partial charge >= 0.3 is 17.9 Å². The van der Waals surface area contributed by atoms with Crippen LogP contribution in [0.3, 0.4) is 0 Å². The Morgan fingerprint density at radius 1 is 0.304 bits per heavy atom. The van der Waals surface area contributed by atoms with Gasteiger partial charge in [-0.3, -0.25) is 14.4 Å². The molecular formula is C63H102O6. The molecule has 0 saturated carbocycles. The Kier molecular flexibility index (Phi) is 53.0. The molecule has 0 rings (SSSR count). The summed E-state index contributed by atoms with van der Waals surface area (Å²) in [6.45, 7) is 6.33. The van der Waals surface area contributed by atoms with Crippen molar-refractivity contribution in [3.8, 4) is 0 Å². The molecule has 1 unspecified atom stereocenters. The van der Waals surface area contributed by atoms with Gasteiger partial charge in [0, 0.05) is 19.3 Å². The van der Waals surface area contributed by atoms with Gasteiger partial charge in [0.05, 0.1) is 0 Å². The van der Waals surface area contributed by atoms with Gasteiger partial charge in [0.2, 0.25) is 0 Å². The van der Waals surface area contributed by atoms with E-state index in [4.69, 9.17) is 14.2 Å². The fraction of sp³-hybridized carbons (Fsp3) is 0.635. The average Bonchev–Trinajstić information content (AvgIpc) is 3.35. The van der Waals surface area contributed by atoms with Gasteiger partial charge in [0.15, 0.2) is 6.10 Å². The molecule has 0 spiro atoms. The van der Waals surface area contributed by atoms with Crippen LogP contribution in [-0.2, 0) is 28.6 Å². The summed E-state index contributed by atoms with van der Waals surface area (Å²) in [5.74, 6) is -0.943. The van der Waals surface area contributed by atoms with Gasteiger partial charge in [-0.15, -0.1) is 0 Å². The summed E-state index contributed by atoms with van der Waals surface area (Å²) in [5, 5.41) is 0. The number of carbonyl (C=O) groups excluding carboxylic acids is 3. The first kappa shape index (κ1) is 64.8. The topological polar surface area (TPSA) is 78.9 Å². The van der Waals surface area contributed by atoms with Crippen molar-refractivity contribution in [2.75, 3.05) is 13.2 Å². The van der Waals surface area contributed by atoms with E-state index >= 15 is 0 Å². The smallest absolute Gasteiger partial charge is 0.306 e. The van der Waals surface area contributed by atoms with Crippen LogP contribution in [0.5, 0.6) is 0 Å². The minimum atomic E-state index is -0.800. The molecule has 0 aromatic rings. The van der Waals surface area contributed by atoms with Crippen molar-refractivity contribution in [1.82, 2.24) is 0 Å². The number of allylic oxidation sites excluding steroid dienone is 20. The minimum absolute atomic E-state index is 0.0972. The molecule has 69 heavy (non-hydrogen) atoms. The standard InChI is InChI=1S/C63H102O6/c1-4-7-10-13-16-19-22-24-26-27-28-29-30-31-32-33-34-35-37-38-41-44-47-50-53-56-62(65)68-59-60(58-67-61(64)55-52-49-46-43-40-21-18-15-12-9-6-3)69-63(66)57-54-51-48-45-42-39-36-25-23-20-17-14-11-8-5-2/h7-8,10-11,15-20,24-26,28-29,31-32,34-36,60H,4-6,9,12-14,21-23,27,30,33,37-59H2,1-3H3/b10-7-,11-8-,18-15-,19-16-,20-17-,26-24-,29-28-,32-31-,35-34-,36-25-. The highest BCUT2D eigenvalue weighted by atomic mass is 16.6. The number of hydrogen-bond donors (Lipinski definition) is 0. The fourth-order valence-electron chi connectivity index (χ4n) is 7.26. The molecule has 0 aliphatic carbocycles. The van der Waals surface area contributed by atoms with E-state index < -0.39 is 6.10 Å². The van der Waals surface area contributed by atoms with Gasteiger partial charge < -0.3 is 14.2 Å². The molecule has 0 aliphatic rings. The second-order valence-electron chi connectivity index (χ2n) is 18.1. The lowest BCUT2D eigenvalue weighted by Crippen LogP contribution is -2.30. The third kappa shape index (κ3) is 54.6. The van der Waals surface area contributed by atoms with E-state index in [1.165, 1.54) is 38.5 Å². The molecule has 0 N–H and O–H groups in total. The van der Waals surface area contributed by atoms with Crippen LogP contribution in [0, 0.1) is 0 Å². The quantitative estimate of drug-likeness (QED) is 0.0262. The van der Waals surface area contributed by atoms with Crippen molar-refractivity contribution in [2.45, 2.75) is 245 Å². The van der Waals surface area contributed by atoms with Crippen LogP contribution >= 0.6 is 0 Å². The van der Waals surface area contributed by atoms with Crippen LogP contribution in [0.4, 0.5) is 0 Å². The molecule has 0 amide bonds. The highest BCUT2D eigenvalue weighted by Crippen LogP contribution is 2.13. The van der Waals surface area contributed by atoms with Crippen LogP contribution in [0.2, 0.25) is 0 Å². The third-order valence-electron chi connectivity index (χ3n) is 11.4. The molecule has 0 fully saturated rings. The maximum atomic E-state index is 12.8. The predicted octanol–water partition coefficient (Wildman–Crippen LogP) is 18.9. The molecule has 0 aliphatic heterocycles. The predicted molar refractivity (Wildman–Crippen MR) is 297 cm³/mol. The summed E-state index contributed by atoms with van der Waals surface area (Å²) in [4.78, 5) is 38.1. The molecule has 0 aromatic carbocycles. The number of esters is 3. The summed E-state index contributed by atoms with van der Waals surface area (Å²) in [7, 11) is 0. The molecule has 0 bridgehead atoms. The van der Waals surface area contributed by atoms with Gasteiger partial charge in [0.25, 0.3) is 0 Å². The number of rotatable bonds is 49. The first-order valence-electron chi connectivity index (χ1n) is 28.0. The largest absolute Gasteiger partial charge is 0.462 e. The van der Waals surface area contributed by atoms with E-state index in [1.807, 2.05) is 0 Å². The lowest BCUT2D eigenvalue weighted by atomic mass is 10.1. The zero-order valence-corrected chi connectivity index (χ0v) is 44.5. The molecule has 390 valence electrons. The van der Waals surface area contributed by atoms with Crippen molar-refractivity contribution in [3.05, 3.63) is 122 Å². The molecule has 0 radical (unpaired) electrons. The first-order valence-corrected chi connectivity index (χ1v) is 28.0. The Bertz CT molecular complexity index is 1470. The fourth-order valence-corrected chi connectivity index (χ4v) is 7.26. The summed E-state index contributed by atoms with van der Waals surface area (Å²) in [6.07, 6.45) is 77.6. The van der Waals surface area contributed by atoms with Crippen LogP contribution in [0.1, 0.15) is 239 Å². The highest BCUT2D eigenvalue weighted by molar-refractivity contribution is 5.71. The molecule has 6 nitrogen and oxygen atoms in total. The van der Waals surface area contributed by atoms with Crippen molar-refractivity contribution in [3.63, 3.8) is 0 Å². The second kappa shape index (κ2) is 56.4. The number of hydrogen-bond acceptors (Lipinski definition) is 6. The maximum absolute atomic E-state index is 12.8. The normalized spacial score (nSPS) is 13.0. The van der Waals surface area contributed by atoms with Gasteiger partial charge in [-0.2, -0.15) is 0 Å². The summed E-state index contributed by atoms with van der Waals surface area (Å²) >= 11 is 0. The van der Waals surface area contributed by atoms with E-state index in [1.54, 1.807) is 0 Å². The number of unbranched alkanes of at least 4 members (excludes halogenated alkanes) is 18. The van der Waals surface area contributed by atoms with Crippen molar-refractivity contribution in [2.24, 2.45) is 0 Å². The van der Waals surface area contributed by atoms with Crippen LogP contribution < -0.4 is 0 Å². The highest BCUT2D eigenvalue weighted by Gasteiger charge is 2.19. The second-order valence-corrected chi connectivity index (χ2v) is 18.1. The molecule has 1 atom stereocenters. The molecule has 6 heteroatoms. The van der Waals surface area contributed by atoms with Crippen LogP contribution in [-0.4, -0.2) is 37.2 Å². The van der Waals surface area contributed by atoms with E-state index in [2.05, 4.69) is 142 Å². The zero-order chi connectivity index (χ0) is 50.0. The van der Waals surface area contributed by atoms with E-state index in [0.717, 1.165) is 161 Å². The average molecular weight is 956 g/mol. The molecular weight excluding hydrogens is 853 g/mol.